The third kappa shape index (κ3) is 1.66. The van der Waals surface area contributed by atoms with Crippen LogP contribution in [-0.2, 0) is 9.53 Å². The van der Waals surface area contributed by atoms with Crippen molar-refractivity contribution < 1.29 is 9.53 Å². The average molecular weight is 263 g/mol. The van der Waals surface area contributed by atoms with Crippen LogP contribution in [0.25, 0.3) is 0 Å². The molecule has 1 fully saturated rings. The van der Waals surface area contributed by atoms with Gasteiger partial charge in [0.1, 0.15) is 0 Å². The van der Waals surface area contributed by atoms with E-state index in [9.17, 15) is 4.79 Å². The molecule has 3 atom stereocenters. The van der Waals surface area contributed by atoms with Crippen LogP contribution in [0.1, 0.15) is 19.8 Å². The molecule has 2 heterocycles. The van der Waals surface area contributed by atoms with Crippen molar-refractivity contribution in [2.24, 2.45) is 16.8 Å². The van der Waals surface area contributed by atoms with Gasteiger partial charge in [-0.25, -0.2) is 0 Å². The van der Waals surface area contributed by atoms with Crippen LogP contribution in [0, 0.1) is 11.8 Å². The van der Waals surface area contributed by atoms with Crippen molar-refractivity contribution >= 4 is 23.9 Å². The van der Waals surface area contributed by atoms with Crippen molar-refractivity contribution in [2.75, 3.05) is 12.4 Å². The number of hydrogen-bond acceptors (Lipinski definition) is 4. The van der Waals surface area contributed by atoms with Crippen LogP contribution >= 0.6 is 11.8 Å². The molecule has 18 heavy (non-hydrogen) atoms. The van der Waals surface area contributed by atoms with Crippen molar-refractivity contribution in [1.29, 1.82) is 0 Å². The third-order valence-electron chi connectivity index (χ3n) is 4.03. The van der Waals surface area contributed by atoms with Gasteiger partial charge in [0.25, 0.3) is 0 Å². The summed E-state index contributed by atoms with van der Waals surface area (Å²) in [6, 6.07) is 0. The monoisotopic (exact) mass is 263 g/mol. The molecule has 0 bridgehead atoms. The number of rotatable bonds is 2. The van der Waals surface area contributed by atoms with E-state index < -0.39 is 0 Å². The molecule has 0 N–H and O–H groups in total. The lowest BCUT2D eigenvalue weighted by Crippen LogP contribution is -2.40. The third-order valence-corrected chi connectivity index (χ3v) is 5.75. The predicted molar refractivity (Wildman–Crippen MR) is 73.8 cm³/mol. The minimum atomic E-state index is -0.0314. The number of aliphatic imine (C=N–C) groups is 1. The topological polar surface area (TPSA) is 38.7 Å². The van der Waals surface area contributed by atoms with Crippen molar-refractivity contribution in [2.45, 2.75) is 24.5 Å². The number of ether oxygens (including phenoxy) is 1. The zero-order chi connectivity index (χ0) is 12.6. The van der Waals surface area contributed by atoms with Crippen molar-refractivity contribution in [1.82, 2.24) is 0 Å². The first kappa shape index (κ1) is 12.0. The maximum absolute atomic E-state index is 12.1. The smallest absolute Gasteiger partial charge is 0.310 e. The molecule has 1 spiro atoms. The Bertz CT molecular complexity index is 455. The molecule has 96 valence electrons. The van der Waals surface area contributed by atoms with Gasteiger partial charge < -0.3 is 4.74 Å². The molecule has 0 amide bonds. The van der Waals surface area contributed by atoms with E-state index in [1.54, 1.807) is 0 Å². The van der Waals surface area contributed by atoms with Crippen molar-refractivity contribution in [3.8, 4) is 0 Å². The Morgan fingerprint density at radius 1 is 1.67 bits per heavy atom. The van der Waals surface area contributed by atoms with Crippen LogP contribution in [0.2, 0.25) is 0 Å². The van der Waals surface area contributed by atoms with E-state index in [1.165, 1.54) is 0 Å². The summed E-state index contributed by atoms with van der Waals surface area (Å²) in [4.78, 5) is 16.6. The number of thioether (sulfide) groups is 1. The van der Waals surface area contributed by atoms with Crippen LogP contribution < -0.4 is 0 Å². The number of hydrogen-bond donors (Lipinski definition) is 0. The zero-order valence-corrected chi connectivity index (χ0v) is 11.3. The maximum Gasteiger partial charge on any atom is 0.310 e. The van der Waals surface area contributed by atoms with E-state index in [4.69, 9.17) is 4.74 Å². The molecule has 0 radical (unpaired) electrons. The Morgan fingerprint density at radius 3 is 3.39 bits per heavy atom. The SMILES string of the molecule is CCOC(=O)C1CSC23CC=CC=C2N=CCC13. The molecule has 3 unspecified atom stereocenters. The van der Waals surface area contributed by atoms with E-state index in [0.717, 1.165) is 24.3 Å². The largest absolute Gasteiger partial charge is 0.466 e. The summed E-state index contributed by atoms with van der Waals surface area (Å²) >= 11 is 1.89. The molecular formula is C14H17NO2S. The first-order valence-electron chi connectivity index (χ1n) is 6.48. The number of carbonyl (C=O) groups excluding carboxylic acids is 1. The first-order valence-corrected chi connectivity index (χ1v) is 7.47. The van der Waals surface area contributed by atoms with E-state index in [0.29, 0.717) is 12.5 Å². The normalized spacial score (nSPS) is 36.8. The van der Waals surface area contributed by atoms with Crippen molar-refractivity contribution in [3.05, 3.63) is 23.9 Å². The Hall–Kier alpha value is -1.03. The molecule has 0 aromatic heterocycles. The molecule has 0 aromatic rings. The highest BCUT2D eigenvalue weighted by Gasteiger charge is 2.54. The second-order valence-corrected chi connectivity index (χ2v) is 6.25. The van der Waals surface area contributed by atoms with Gasteiger partial charge in [0.15, 0.2) is 0 Å². The molecule has 2 aliphatic heterocycles. The summed E-state index contributed by atoms with van der Waals surface area (Å²) in [6.45, 7) is 2.34. The quantitative estimate of drug-likeness (QED) is 0.719. The van der Waals surface area contributed by atoms with Gasteiger partial charge >= 0.3 is 5.97 Å². The second kappa shape index (κ2) is 4.57. The fourth-order valence-corrected chi connectivity index (χ4v) is 4.96. The summed E-state index contributed by atoms with van der Waals surface area (Å²) in [7, 11) is 0. The second-order valence-electron chi connectivity index (χ2n) is 4.90. The molecule has 1 saturated heterocycles. The maximum atomic E-state index is 12.1. The summed E-state index contributed by atoms with van der Waals surface area (Å²) in [5.41, 5.74) is 1.14. The molecule has 0 aromatic carbocycles. The summed E-state index contributed by atoms with van der Waals surface area (Å²) in [5.74, 6) is 1.20. The summed E-state index contributed by atoms with van der Waals surface area (Å²) in [5, 5.41) is 0. The molecule has 4 heteroatoms. The number of nitrogens with zero attached hydrogens (tertiary/aromatic N) is 1. The number of carbonyl (C=O) groups is 1. The summed E-state index contributed by atoms with van der Waals surface area (Å²) < 4.78 is 5.25. The van der Waals surface area contributed by atoms with Crippen LogP contribution in [0.15, 0.2) is 28.9 Å². The van der Waals surface area contributed by atoms with Gasteiger partial charge in [0.2, 0.25) is 0 Å². The zero-order valence-electron chi connectivity index (χ0n) is 10.5. The van der Waals surface area contributed by atoms with Gasteiger partial charge in [-0.05, 0) is 31.8 Å². The predicted octanol–water partition coefficient (Wildman–Crippen LogP) is 2.59. The Kier molecular flexibility index (Phi) is 3.06. The van der Waals surface area contributed by atoms with Gasteiger partial charge in [-0.1, -0.05) is 12.2 Å². The molecule has 3 nitrogen and oxygen atoms in total. The van der Waals surface area contributed by atoms with Gasteiger partial charge in [-0.2, -0.15) is 0 Å². The molecular weight excluding hydrogens is 246 g/mol. The lowest BCUT2D eigenvalue weighted by molar-refractivity contribution is -0.148. The lowest BCUT2D eigenvalue weighted by Gasteiger charge is -2.39. The van der Waals surface area contributed by atoms with E-state index >= 15 is 0 Å². The van der Waals surface area contributed by atoms with Crippen LogP contribution in [0.5, 0.6) is 0 Å². The standard InChI is InChI=1S/C14H17NO2S/c1-2-17-13(16)10-9-18-14-7-4-3-5-12(14)15-8-6-11(10)14/h3-5,8,10-11H,2,6-7,9H2,1H3. The Morgan fingerprint density at radius 2 is 2.56 bits per heavy atom. The van der Waals surface area contributed by atoms with Gasteiger partial charge in [0.05, 0.1) is 23.0 Å². The summed E-state index contributed by atoms with van der Waals surface area (Å²) in [6.07, 6.45) is 10.2. The Labute approximate surface area is 111 Å². The minimum absolute atomic E-state index is 0.0246. The van der Waals surface area contributed by atoms with E-state index in [-0.39, 0.29) is 16.6 Å². The van der Waals surface area contributed by atoms with Gasteiger partial charge in [-0.3, -0.25) is 9.79 Å². The first-order chi connectivity index (χ1) is 8.78. The molecule has 3 rings (SSSR count). The highest BCUT2D eigenvalue weighted by atomic mass is 32.2. The fraction of sp³-hybridized carbons (Fsp3) is 0.571. The molecule has 0 saturated carbocycles. The number of allylic oxidation sites excluding steroid dienone is 3. The highest BCUT2D eigenvalue weighted by Crippen LogP contribution is 2.57. The fourth-order valence-electron chi connectivity index (χ4n) is 3.16. The van der Waals surface area contributed by atoms with Crippen LogP contribution in [0.3, 0.4) is 0 Å². The minimum Gasteiger partial charge on any atom is -0.466 e. The highest BCUT2D eigenvalue weighted by molar-refractivity contribution is 8.01. The van der Waals surface area contributed by atoms with E-state index in [1.807, 2.05) is 24.9 Å². The number of esters is 1. The lowest BCUT2D eigenvalue weighted by atomic mass is 9.74. The van der Waals surface area contributed by atoms with E-state index in [2.05, 4.69) is 23.2 Å². The van der Waals surface area contributed by atoms with Gasteiger partial charge in [0, 0.05) is 12.0 Å². The molecule has 3 aliphatic rings. The van der Waals surface area contributed by atoms with Crippen LogP contribution in [-0.4, -0.2) is 29.3 Å². The van der Waals surface area contributed by atoms with Gasteiger partial charge in [-0.15, -0.1) is 11.8 Å². The average Bonchev–Trinajstić information content (AvgIpc) is 2.76. The molecule has 1 aliphatic carbocycles. The van der Waals surface area contributed by atoms with Crippen molar-refractivity contribution in [3.63, 3.8) is 0 Å². The Balaban J connectivity index is 1.90. The van der Waals surface area contributed by atoms with Crippen LogP contribution in [0.4, 0.5) is 0 Å².